The van der Waals surface area contributed by atoms with E-state index in [1.807, 2.05) is 0 Å². The summed E-state index contributed by atoms with van der Waals surface area (Å²) in [7, 11) is 0. The van der Waals surface area contributed by atoms with Crippen LogP contribution in [-0.4, -0.2) is 29.3 Å². The first-order valence-electron chi connectivity index (χ1n) is 8.48. The van der Waals surface area contributed by atoms with Crippen LogP contribution in [0, 0.1) is 5.41 Å². The molecule has 1 aromatic carbocycles. The van der Waals surface area contributed by atoms with Crippen molar-refractivity contribution < 1.29 is 4.79 Å². The van der Waals surface area contributed by atoms with Crippen molar-refractivity contribution in [3.63, 3.8) is 0 Å². The van der Waals surface area contributed by atoms with Crippen LogP contribution in [-0.2, 0) is 16.8 Å². The lowest BCUT2D eigenvalue weighted by Crippen LogP contribution is -2.62. The van der Waals surface area contributed by atoms with Crippen LogP contribution in [0.2, 0.25) is 0 Å². The molecule has 2 atom stereocenters. The average molecular weight is 296 g/mol. The van der Waals surface area contributed by atoms with E-state index in [9.17, 15) is 4.79 Å². The molecule has 0 radical (unpaired) electrons. The van der Waals surface area contributed by atoms with Crippen LogP contribution >= 0.6 is 0 Å². The van der Waals surface area contributed by atoms with Gasteiger partial charge in [0, 0.05) is 28.6 Å². The summed E-state index contributed by atoms with van der Waals surface area (Å²) >= 11 is 0. The highest BCUT2D eigenvalue weighted by Gasteiger charge is 2.56. The topological polar surface area (TPSA) is 36.1 Å². The molecule has 0 amide bonds. The molecule has 0 saturated carbocycles. The first-order valence-corrected chi connectivity index (χ1v) is 8.48. The fourth-order valence-corrected chi connectivity index (χ4v) is 5.01. The van der Waals surface area contributed by atoms with Gasteiger partial charge < -0.3 is 9.78 Å². The molecule has 3 heterocycles. The van der Waals surface area contributed by atoms with Crippen molar-refractivity contribution >= 4 is 17.2 Å². The first kappa shape index (κ1) is 14.0. The molecule has 1 fully saturated rings. The van der Waals surface area contributed by atoms with Crippen LogP contribution in [0.5, 0.6) is 0 Å². The van der Waals surface area contributed by atoms with E-state index in [0.29, 0.717) is 0 Å². The number of aldehydes is 1. The quantitative estimate of drug-likeness (QED) is 0.859. The summed E-state index contributed by atoms with van der Waals surface area (Å²) in [6.07, 6.45) is 5.35. The number of benzene rings is 1. The summed E-state index contributed by atoms with van der Waals surface area (Å²) in [6.45, 7) is 6.61. The van der Waals surface area contributed by atoms with Crippen LogP contribution < -0.4 is 0 Å². The highest BCUT2D eigenvalue weighted by Crippen LogP contribution is 2.54. The number of fused-ring (bicyclic) bond motifs is 5. The summed E-state index contributed by atoms with van der Waals surface area (Å²) in [5, 5.41) is 1.33. The SMILES string of the molecule is CCC1(C=O)CCCN2CCc3c([nH]c4ccccc34)C21C. The third kappa shape index (κ3) is 1.52. The van der Waals surface area contributed by atoms with Gasteiger partial charge in [0.25, 0.3) is 0 Å². The van der Waals surface area contributed by atoms with Gasteiger partial charge in [-0.3, -0.25) is 4.90 Å². The number of aromatic nitrogens is 1. The zero-order valence-corrected chi connectivity index (χ0v) is 13.5. The molecule has 2 aliphatic rings. The van der Waals surface area contributed by atoms with E-state index in [1.165, 1.54) is 28.4 Å². The van der Waals surface area contributed by atoms with E-state index in [0.717, 1.165) is 38.8 Å². The Morgan fingerprint density at radius 2 is 2.14 bits per heavy atom. The summed E-state index contributed by atoms with van der Waals surface area (Å²) in [4.78, 5) is 18.4. The van der Waals surface area contributed by atoms with E-state index in [2.05, 4.69) is 48.0 Å². The maximum Gasteiger partial charge on any atom is 0.128 e. The molecule has 0 spiro atoms. The largest absolute Gasteiger partial charge is 0.357 e. The van der Waals surface area contributed by atoms with Crippen molar-refractivity contribution in [1.82, 2.24) is 9.88 Å². The molecule has 2 aromatic rings. The molecule has 2 aliphatic heterocycles. The first-order chi connectivity index (χ1) is 10.7. The minimum absolute atomic E-state index is 0.200. The number of H-pyrrole nitrogens is 1. The van der Waals surface area contributed by atoms with Gasteiger partial charge in [0.05, 0.1) is 5.54 Å². The Hall–Kier alpha value is -1.61. The number of hydrogen-bond donors (Lipinski definition) is 1. The summed E-state index contributed by atoms with van der Waals surface area (Å²) in [5.74, 6) is 0. The van der Waals surface area contributed by atoms with Gasteiger partial charge in [0.15, 0.2) is 0 Å². The number of aromatic amines is 1. The molecule has 2 unspecified atom stereocenters. The molecular weight excluding hydrogens is 272 g/mol. The van der Waals surface area contributed by atoms with Crippen molar-refractivity contribution in [2.75, 3.05) is 13.1 Å². The Kier molecular flexibility index (Phi) is 2.99. The fourth-order valence-electron chi connectivity index (χ4n) is 5.01. The summed E-state index contributed by atoms with van der Waals surface area (Å²) < 4.78 is 0. The van der Waals surface area contributed by atoms with Crippen LogP contribution in [0.1, 0.15) is 44.4 Å². The number of carbonyl (C=O) groups excluding carboxylic acids is 1. The molecule has 0 bridgehead atoms. The maximum atomic E-state index is 12.2. The van der Waals surface area contributed by atoms with Crippen LogP contribution in [0.15, 0.2) is 24.3 Å². The van der Waals surface area contributed by atoms with Gasteiger partial charge in [-0.25, -0.2) is 0 Å². The lowest BCUT2D eigenvalue weighted by Gasteiger charge is -2.57. The molecule has 22 heavy (non-hydrogen) atoms. The van der Waals surface area contributed by atoms with Crippen molar-refractivity contribution in [2.24, 2.45) is 5.41 Å². The van der Waals surface area contributed by atoms with Gasteiger partial charge in [-0.1, -0.05) is 25.1 Å². The third-order valence-corrected chi connectivity index (χ3v) is 6.44. The Balaban J connectivity index is 2.01. The Labute approximate surface area is 131 Å². The standard InChI is InChI=1S/C19H24N2O/c1-3-19(13-22)10-6-11-21-12-9-15-14-7-4-5-8-16(14)20-17(15)18(19,21)2/h4-5,7-8,13,20H,3,6,9-12H2,1-2H3. The van der Waals surface area contributed by atoms with Crippen molar-refractivity contribution in [3.8, 4) is 0 Å². The molecule has 116 valence electrons. The average Bonchev–Trinajstić information content (AvgIpc) is 2.94. The van der Waals surface area contributed by atoms with Crippen LogP contribution in [0.25, 0.3) is 10.9 Å². The molecule has 1 saturated heterocycles. The highest BCUT2D eigenvalue weighted by molar-refractivity contribution is 5.86. The van der Waals surface area contributed by atoms with Gasteiger partial charge in [0.2, 0.25) is 0 Å². The van der Waals surface area contributed by atoms with Crippen LogP contribution in [0.4, 0.5) is 0 Å². The predicted molar refractivity (Wildman–Crippen MR) is 88.9 cm³/mol. The molecular formula is C19H24N2O. The number of para-hydroxylation sites is 1. The number of carbonyl (C=O) groups is 1. The molecule has 1 aromatic heterocycles. The van der Waals surface area contributed by atoms with Crippen molar-refractivity contribution in [3.05, 3.63) is 35.5 Å². The normalized spacial score (nSPS) is 31.7. The second-order valence-corrected chi connectivity index (χ2v) is 7.06. The maximum absolute atomic E-state index is 12.2. The van der Waals surface area contributed by atoms with Gasteiger partial charge in [-0.2, -0.15) is 0 Å². The van der Waals surface area contributed by atoms with E-state index in [4.69, 9.17) is 0 Å². The minimum atomic E-state index is -0.276. The molecule has 3 nitrogen and oxygen atoms in total. The van der Waals surface area contributed by atoms with E-state index < -0.39 is 0 Å². The number of nitrogens with one attached hydrogen (secondary N) is 1. The van der Waals surface area contributed by atoms with Crippen LogP contribution in [0.3, 0.4) is 0 Å². The van der Waals surface area contributed by atoms with E-state index in [1.54, 1.807) is 0 Å². The number of rotatable bonds is 2. The second kappa shape index (κ2) is 4.69. The van der Waals surface area contributed by atoms with Gasteiger partial charge in [-0.15, -0.1) is 0 Å². The zero-order valence-electron chi connectivity index (χ0n) is 13.5. The Morgan fingerprint density at radius 3 is 2.91 bits per heavy atom. The molecule has 0 aliphatic carbocycles. The van der Waals surface area contributed by atoms with Gasteiger partial charge in [0.1, 0.15) is 6.29 Å². The summed E-state index contributed by atoms with van der Waals surface area (Å²) in [5.41, 5.74) is 3.44. The number of piperidine rings is 1. The lowest BCUT2D eigenvalue weighted by atomic mass is 9.60. The van der Waals surface area contributed by atoms with E-state index >= 15 is 0 Å². The summed E-state index contributed by atoms with van der Waals surface area (Å²) in [6, 6.07) is 8.55. The second-order valence-electron chi connectivity index (χ2n) is 7.06. The predicted octanol–water partition coefficient (Wildman–Crippen LogP) is 3.63. The molecule has 4 rings (SSSR count). The minimum Gasteiger partial charge on any atom is -0.357 e. The van der Waals surface area contributed by atoms with Gasteiger partial charge in [-0.05, 0) is 50.8 Å². The third-order valence-electron chi connectivity index (χ3n) is 6.44. The van der Waals surface area contributed by atoms with Crippen molar-refractivity contribution in [2.45, 2.75) is 45.1 Å². The van der Waals surface area contributed by atoms with Crippen molar-refractivity contribution in [1.29, 1.82) is 0 Å². The number of nitrogens with zero attached hydrogens (tertiary/aromatic N) is 1. The number of hydrogen-bond acceptors (Lipinski definition) is 2. The monoisotopic (exact) mass is 296 g/mol. The van der Waals surface area contributed by atoms with E-state index in [-0.39, 0.29) is 11.0 Å². The smallest absolute Gasteiger partial charge is 0.128 e. The van der Waals surface area contributed by atoms with Gasteiger partial charge >= 0.3 is 0 Å². The lowest BCUT2D eigenvalue weighted by molar-refractivity contribution is -0.136. The fraction of sp³-hybridized carbons (Fsp3) is 0.526. The highest BCUT2D eigenvalue weighted by atomic mass is 16.1. The molecule has 1 N–H and O–H groups in total. The Bertz CT molecular complexity index is 734. The zero-order chi connectivity index (χ0) is 15.4. The molecule has 3 heteroatoms. The Morgan fingerprint density at radius 1 is 1.32 bits per heavy atom.